The van der Waals surface area contributed by atoms with Crippen molar-refractivity contribution in [2.45, 2.75) is 23.7 Å². The Morgan fingerprint density at radius 3 is 2.06 bits per heavy atom. The summed E-state index contributed by atoms with van der Waals surface area (Å²) < 4.78 is 22.9. The third-order valence-electron chi connectivity index (χ3n) is 5.32. The molecule has 0 radical (unpaired) electrons. The highest BCUT2D eigenvalue weighted by atomic mass is 32.2. The van der Waals surface area contributed by atoms with Crippen LogP contribution in [0.1, 0.15) is 29.9 Å². The van der Waals surface area contributed by atoms with Crippen LogP contribution >= 0.6 is 0 Å². The summed E-state index contributed by atoms with van der Waals surface area (Å²) >= 11 is 0. The van der Waals surface area contributed by atoms with E-state index >= 15 is 0 Å². The minimum atomic E-state index is -4.06. The van der Waals surface area contributed by atoms with Crippen molar-refractivity contribution >= 4 is 27.3 Å². The van der Waals surface area contributed by atoms with E-state index in [4.69, 9.17) is 5.14 Å². The number of rotatable bonds is 11. The van der Waals surface area contributed by atoms with Gasteiger partial charge in [-0.2, -0.15) is 0 Å². The third-order valence-corrected chi connectivity index (χ3v) is 6.23. The number of nitrogens with two attached hydrogens (primary N) is 1. The van der Waals surface area contributed by atoms with Crippen LogP contribution in [0.4, 0.5) is 11.4 Å². The number of sulfonamides is 1. The summed E-state index contributed by atoms with van der Waals surface area (Å²) in [7, 11) is -4.06. The van der Waals surface area contributed by atoms with Crippen LogP contribution in [0.3, 0.4) is 0 Å². The summed E-state index contributed by atoms with van der Waals surface area (Å²) in [5.41, 5.74) is 2.01. The molecule has 9 nitrogen and oxygen atoms in total. The lowest BCUT2D eigenvalue weighted by Gasteiger charge is -2.18. The van der Waals surface area contributed by atoms with E-state index in [1.807, 2.05) is 36.4 Å². The van der Waals surface area contributed by atoms with Crippen LogP contribution in [0.2, 0.25) is 0 Å². The van der Waals surface area contributed by atoms with Crippen LogP contribution in [-0.2, 0) is 14.8 Å². The number of amides is 1. The number of nitrogens with zero attached hydrogens (tertiary/aromatic N) is 1. The van der Waals surface area contributed by atoms with Crippen molar-refractivity contribution in [3.63, 3.8) is 0 Å². The number of hydrogen-bond acceptors (Lipinski definition) is 6. The second-order valence-corrected chi connectivity index (χ2v) is 9.23. The molecule has 3 aromatic carbocycles. The largest absolute Gasteiger partial charge is 0.379 e. The number of carbonyl (C=O) groups is 1. The molecule has 3 rings (SSSR count). The first-order valence-electron chi connectivity index (χ1n) is 10.7. The molecule has 4 N–H and O–H groups in total. The summed E-state index contributed by atoms with van der Waals surface area (Å²) in [6, 6.07) is 23.5. The number of hydrogen-bond donors (Lipinski definition) is 3. The van der Waals surface area contributed by atoms with Gasteiger partial charge in [-0.3, -0.25) is 14.9 Å². The number of nitrogens with one attached hydrogen (secondary N) is 2. The van der Waals surface area contributed by atoms with Gasteiger partial charge < -0.3 is 10.6 Å². The first kappa shape index (κ1) is 24.9. The summed E-state index contributed by atoms with van der Waals surface area (Å²) in [6.07, 6.45) is 0.809. The average molecular weight is 483 g/mol. The fraction of sp³-hybridized carbons (Fsp3) is 0.208. The normalized spacial score (nSPS) is 11.2. The monoisotopic (exact) mass is 482 g/mol. The summed E-state index contributed by atoms with van der Waals surface area (Å²) in [4.78, 5) is 22.5. The molecule has 3 aromatic rings. The molecule has 0 saturated carbocycles. The first-order valence-corrected chi connectivity index (χ1v) is 12.2. The van der Waals surface area contributed by atoms with Crippen molar-refractivity contribution in [3.05, 3.63) is 100 Å². The maximum atomic E-state index is 12.3. The van der Waals surface area contributed by atoms with E-state index in [0.29, 0.717) is 13.0 Å². The molecular formula is C24H26N4O5S. The van der Waals surface area contributed by atoms with Crippen molar-refractivity contribution in [2.24, 2.45) is 5.14 Å². The second-order valence-electron chi connectivity index (χ2n) is 7.67. The molecule has 178 valence electrons. The predicted octanol–water partition coefficient (Wildman–Crippen LogP) is 3.38. The second kappa shape index (κ2) is 11.4. The van der Waals surface area contributed by atoms with Gasteiger partial charge in [-0.1, -0.05) is 60.7 Å². The van der Waals surface area contributed by atoms with Gasteiger partial charge in [-0.15, -0.1) is 0 Å². The first-order chi connectivity index (χ1) is 16.3. The van der Waals surface area contributed by atoms with Crippen LogP contribution < -0.4 is 15.8 Å². The summed E-state index contributed by atoms with van der Waals surface area (Å²) in [6.45, 7) is 0.610. The minimum Gasteiger partial charge on any atom is -0.379 e. The number of nitro groups is 1. The van der Waals surface area contributed by atoms with Crippen LogP contribution in [0.15, 0.2) is 83.8 Å². The summed E-state index contributed by atoms with van der Waals surface area (Å²) in [5.74, 6) is -0.0583. The molecule has 0 aromatic heterocycles. The van der Waals surface area contributed by atoms with Crippen molar-refractivity contribution < 1.29 is 18.1 Å². The molecule has 1 amide bonds. The van der Waals surface area contributed by atoms with E-state index in [0.717, 1.165) is 6.07 Å². The van der Waals surface area contributed by atoms with Gasteiger partial charge in [0.2, 0.25) is 15.9 Å². The number of primary sulfonamides is 1. The molecule has 0 aliphatic heterocycles. The van der Waals surface area contributed by atoms with Gasteiger partial charge in [0, 0.05) is 31.5 Å². The zero-order valence-corrected chi connectivity index (χ0v) is 19.2. The maximum Gasteiger partial charge on any atom is 0.293 e. The van der Waals surface area contributed by atoms with Gasteiger partial charge in [0.05, 0.1) is 9.82 Å². The molecule has 0 aliphatic rings. The van der Waals surface area contributed by atoms with E-state index in [2.05, 4.69) is 34.9 Å². The molecule has 0 saturated heterocycles. The van der Waals surface area contributed by atoms with Gasteiger partial charge in [-0.05, 0) is 29.7 Å². The minimum absolute atomic E-state index is 0.0927. The summed E-state index contributed by atoms with van der Waals surface area (Å²) in [5, 5.41) is 22.0. The number of nitro benzene ring substituents is 1. The molecule has 0 spiro atoms. The van der Waals surface area contributed by atoms with E-state index in [1.165, 1.54) is 23.3 Å². The standard InChI is InChI=1S/C24H26N4O5S/c25-34(32,33)20-11-12-22(23(17-20)28(30)31)26-16-14-24(29)27-15-13-21(18-7-3-1-4-8-18)19-9-5-2-6-10-19/h1-12,17,21,26H,13-16H2,(H,27,29)(H2,25,32,33). The van der Waals surface area contributed by atoms with Gasteiger partial charge in [0.15, 0.2) is 0 Å². The van der Waals surface area contributed by atoms with Crippen LogP contribution in [-0.4, -0.2) is 32.3 Å². The quantitative estimate of drug-likeness (QED) is 0.282. The highest BCUT2D eigenvalue weighted by Crippen LogP contribution is 2.28. The zero-order valence-electron chi connectivity index (χ0n) is 18.4. The molecule has 10 heteroatoms. The topological polar surface area (TPSA) is 144 Å². The van der Waals surface area contributed by atoms with Crippen molar-refractivity contribution in [2.75, 3.05) is 18.4 Å². The molecule has 0 aliphatic carbocycles. The van der Waals surface area contributed by atoms with Crippen molar-refractivity contribution in [1.82, 2.24) is 5.32 Å². The van der Waals surface area contributed by atoms with E-state index in [-0.39, 0.29) is 35.4 Å². The van der Waals surface area contributed by atoms with Crippen LogP contribution in [0.25, 0.3) is 0 Å². The van der Waals surface area contributed by atoms with Gasteiger partial charge >= 0.3 is 0 Å². The highest BCUT2D eigenvalue weighted by Gasteiger charge is 2.19. The lowest BCUT2D eigenvalue weighted by molar-refractivity contribution is -0.384. The third kappa shape index (κ3) is 6.87. The molecular weight excluding hydrogens is 456 g/mol. The fourth-order valence-corrected chi connectivity index (χ4v) is 4.17. The predicted molar refractivity (Wildman–Crippen MR) is 130 cm³/mol. The zero-order chi connectivity index (χ0) is 24.6. The van der Waals surface area contributed by atoms with Crippen molar-refractivity contribution in [1.29, 1.82) is 0 Å². The Bertz CT molecular complexity index is 1200. The van der Waals surface area contributed by atoms with Gasteiger partial charge in [-0.25, -0.2) is 13.6 Å². The Balaban J connectivity index is 1.54. The molecule has 0 bridgehead atoms. The number of benzene rings is 3. The van der Waals surface area contributed by atoms with E-state index in [9.17, 15) is 23.3 Å². The Morgan fingerprint density at radius 2 is 1.53 bits per heavy atom. The van der Waals surface area contributed by atoms with Crippen LogP contribution in [0, 0.1) is 10.1 Å². The van der Waals surface area contributed by atoms with Gasteiger partial charge in [0.25, 0.3) is 5.69 Å². The average Bonchev–Trinajstić information content (AvgIpc) is 2.82. The molecule has 0 heterocycles. The smallest absolute Gasteiger partial charge is 0.293 e. The SMILES string of the molecule is NS(=O)(=O)c1ccc(NCCC(=O)NCCC(c2ccccc2)c2ccccc2)c([N+](=O)[O-])c1. The highest BCUT2D eigenvalue weighted by molar-refractivity contribution is 7.89. The van der Waals surface area contributed by atoms with Crippen LogP contribution in [0.5, 0.6) is 0 Å². The number of carbonyl (C=O) groups excluding carboxylic acids is 1. The Labute approximate surface area is 198 Å². The Morgan fingerprint density at radius 1 is 0.941 bits per heavy atom. The Kier molecular flexibility index (Phi) is 8.34. The van der Waals surface area contributed by atoms with E-state index < -0.39 is 20.6 Å². The lowest BCUT2D eigenvalue weighted by atomic mass is 9.88. The molecule has 0 unspecified atom stereocenters. The van der Waals surface area contributed by atoms with Crippen molar-refractivity contribution in [3.8, 4) is 0 Å². The lowest BCUT2D eigenvalue weighted by Crippen LogP contribution is -2.27. The van der Waals surface area contributed by atoms with Gasteiger partial charge in [0.1, 0.15) is 5.69 Å². The molecule has 34 heavy (non-hydrogen) atoms. The molecule has 0 atom stereocenters. The maximum absolute atomic E-state index is 12.3. The fourth-order valence-electron chi connectivity index (χ4n) is 3.64. The molecule has 0 fully saturated rings. The van der Waals surface area contributed by atoms with E-state index in [1.54, 1.807) is 0 Å². The Hall–Kier alpha value is -3.76. The number of anilines is 1.